The average molecular weight is 866 g/mol. The van der Waals surface area contributed by atoms with Gasteiger partial charge in [0.1, 0.15) is 0 Å². The fraction of sp³-hybridized carbons (Fsp3) is 0. The number of hydrogen-bond donors (Lipinski definition) is 0. The van der Waals surface area contributed by atoms with Gasteiger partial charge in [-0.15, -0.1) is 0 Å². The Morgan fingerprint density at radius 3 is 1.37 bits per heavy atom. The molecule has 0 saturated carbocycles. The molecular formula is C63H39N5. The van der Waals surface area contributed by atoms with Gasteiger partial charge in [0.05, 0.1) is 27.8 Å². The van der Waals surface area contributed by atoms with E-state index in [0.29, 0.717) is 17.5 Å². The second-order valence-corrected chi connectivity index (χ2v) is 17.6. The first-order chi connectivity index (χ1) is 33.7. The number of hydrogen-bond acceptors (Lipinski definition) is 3. The second-order valence-electron chi connectivity index (χ2n) is 17.6. The molecule has 0 fully saturated rings. The van der Waals surface area contributed by atoms with Crippen LogP contribution in [0.15, 0.2) is 237 Å². The van der Waals surface area contributed by atoms with Crippen LogP contribution in [-0.4, -0.2) is 24.1 Å². The zero-order valence-corrected chi connectivity index (χ0v) is 36.8. The average Bonchev–Trinajstić information content (AvgIpc) is 3.88. The van der Waals surface area contributed by atoms with Crippen LogP contribution in [0, 0.1) is 0 Å². The molecule has 68 heavy (non-hydrogen) atoms. The highest BCUT2D eigenvalue weighted by Crippen LogP contribution is 2.48. The van der Waals surface area contributed by atoms with E-state index in [-0.39, 0.29) is 0 Å². The highest BCUT2D eigenvalue weighted by molar-refractivity contribution is 6.22. The molecule has 14 rings (SSSR count). The highest BCUT2D eigenvalue weighted by Gasteiger charge is 2.26. The standard InChI is InChI=1S/C63H39N5/c1-4-17-40(18-5-1)44-35-45(41-19-6-2-7-20-41)37-46(36-44)63-65-61(42-21-8-3-9-22-42)64-62(66-63)43-31-33-47(34-32-43)67-56-29-14-13-26-51(56)54-38-59-55(39-58(54)67)53-28-16-27-52-49-24-11-10-23-48(49)50-25-12-15-30-57(50)68(59)60(52)53/h1-39H. The lowest BCUT2D eigenvalue weighted by molar-refractivity contribution is 1.07. The molecule has 13 aromatic rings. The SMILES string of the molecule is c1ccc(-c2cc(-c3ccccc3)cc(-c3nc(-c4ccccc4)nc(-c4ccc(-n5c6ccccc6c6cc7c(cc65)c5cccc6c5n7-c5ccccc5-c5ccccc5-6)cc4)n3)c2)cc1. The van der Waals surface area contributed by atoms with Gasteiger partial charge in [-0.25, -0.2) is 15.0 Å². The Morgan fingerprint density at radius 2 is 0.706 bits per heavy atom. The second kappa shape index (κ2) is 15.2. The van der Waals surface area contributed by atoms with Gasteiger partial charge in [0.25, 0.3) is 0 Å². The minimum absolute atomic E-state index is 0.614. The molecule has 0 saturated heterocycles. The van der Waals surface area contributed by atoms with Crippen molar-refractivity contribution in [3.05, 3.63) is 237 Å². The van der Waals surface area contributed by atoms with E-state index in [1.165, 1.54) is 60.5 Å². The van der Waals surface area contributed by atoms with Crippen LogP contribution in [0.5, 0.6) is 0 Å². The van der Waals surface area contributed by atoms with Crippen LogP contribution < -0.4 is 0 Å². The number of fused-ring (bicyclic) bond motifs is 11. The molecular weight excluding hydrogens is 827 g/mol. The lowest BCUT2D eigenvalue weighted by Gasteiger charge is -2.13. The lowest BCUT2D eigenvalue weighted by Crippen LogP contribution is -2.01. The quantitative estimate of drug-likeness (QED) is 0.167. The van der Waals surface area contributed by atoms with Gasteiger partial charge in [-0.1, -0.05) is 170 Å². The summed E-state index contributed by atoms with van der Waals surface area (Å²) in [6, 6.07) is 84.6. The molecule has 0 bridgehead atoms. The molecule has 0 amide bonds. The van der Waals surface area contributed by atoms with Crippen molar-refractivity contribution in [3.8, 4) is 90.0 Å². The van der Waals surface area contributed by atoms with Crippen LogP contribution in [0.2, 0.25) is 0 Å². The monoisotopic (exact) mass is 865 g/mol. The predicted octanol–water partition coefficient (Wildman–Crippen LogP) is 16.0. The van der Waals surface area contributed by atoms with Gasteiger partial charge in [-0.3, -0.25) is 0 Å². The lowest BCUT2D eigenvalue weighted by atomic mass is 9.94. The van der Waals surface area contributed by atoms with E-state index in [1.54, 1.807) is 0 Å². The van der Waals surface area contributed by atoms with E-state index in [2.05, 4.69) is 228 Å². The molecule has 316 valence electrons. The van der Waals surface area contributed by atoms with Crippen molar-refractivity contribution < 1.29 is 0 Å². The van der Waals surface area contributed by atoms with Crippen molar-refractivity contribution >= 4 is 43.6 Å². The topological polar surface area (TPSA) is 48.5 Å². The fourth-order valence-corrected chi connectivity index (χ4v) is 10.6. The van der Waals surface area contributed by atoms with Gasteiger partial charge in [0.2, 0.25) is 0 Å². The fourth-order valence-electron chi connectivity index (χ4n) is 10.6. The van der Waals surface area contributed by atoms with Crippen LogP contribution >= 0.6 is 0 Å². The van der Waals surface area contributed by atoms with Gasteiger partial charge in [-0.05, 0) is 100 Å². The molecule has 1 aliphatic rings. The Labute approximate surface area is 392 Å². The van der Waals surface area contributed by atoms with E-state index in [0.717, 1.165) is 55.7 Å². The maximum absolute atomic E-state index is 5.25. The van der Waals surface area contributed by atoms with Crippen LogP contribution in [-0.2, 0) is 0 Å². The van der Waals surface area contributed by atoms with Gasteiger partial charge in [0.15, 0.2) is 17.5 Å². The summed E-state index contributed by atoms with van der Waals surface area (Å²) in [6.45, 7) is 0. The number of nitrogens with zero attached hydrogens (tertiary/aromatic N) is 5. The highest BCUT2D eigenvalue weighted by atomic mass is 15.0. The van der Waals surface area contributed by atoms with E-state index >= 15 is 0 Å². The maximum Gasteiger partial charge on any atom is 0.164 e. The van der Waals surface area contributed by atoms with Gasteiger partial charge < -0.3 is 9.13 Å². The molecule has 3 aromatic heterocycles. The molecule has 5 nitrogen and oxygen atoms in total. The van der Waals surface area contributed by atoms with Crippen LogP contribution in [0.25, 0.3) is 134 Å². The first-order valence-corrected chi connectivity index (χ1v) is 23.1. The van der Waals surface area contributed by atoms with Gasteiger partial charge in [0, 0.05) is 55.0 Å². The zero-order valence-electron chi connectivity index (χ0n) is 36.8. The summed E-state index contributed by atoms with van der Waals surface area (Å²) in [7, 11) is 0. The van der Waals surface area contributed by atoms with E-state index in [1.807, 2.05) is 18.2 Å². The van der Waals surface area contributed by atoms with Crippen molar-refractivity contribution in [2.24, 2.45) is 0 Å². The molecule has 0 N–H and O–H groups in total. The minimum Gasteiger partial charge on any atom is -0.309 e. The molecule has 4 heterocycles. The Kier molecular flexibility index (Phi) is 8.52. The third-order valence-corrected chi connectivity index (χ3v) is 13.7. The predicted molar refractivity (Wildman–Crippen MR) is 280 cm³/mol. The van der Waals surface area contributed by atoms with Crippen molar-refractivity contribution in [1.29, 1.82) is 0 Å². The molecule has 0 unspecified atom stereocenters. The van der Waals surface area contributed by atoms with E-state index in [9.17, 15) is 0 Å². The Balaban J connectivity index is 0.942. The van der Waals surface area contributed by atoms with Crippen molar-refractivity contribution in [1.82, 2.24) is 24.1 Å². The number of para-hydroxylation sites is 3. The summed E-state index contributed by atoms with van der Waals surface area (Å²) >= 11 is 0. The smallest absolute Gasteiger partial charge is 0.164 e. The van der Waals surface area contributed by atoms with Crippen molar-refractivity contribution in [2.75, 3.05) is 0 Å². The van der Waals surface area contributed by atoms with Crippen LogP contribution in [0.4, 0.5) is 0 Å². The van der Waals surface area contributed by atoms with E-state index in [4.69, 9.17) is 15.0 Å². The summed E-state index contributed by atoms with van der Waals surface area (Å²) in [4.78, 5) is 15.6. The Morgan fingerprint density at radius 1 is 0.250 bits per heavy atom. The third kappa shape index (κ3) is 5.99. The summed E-state index contributed by atoms with van der Waals surface area (Å²) < 4.78 is 4.91. The maximum atomic E-state index is 5.25. The molecule has 0 spiro atoms. The number of aromatic nitrogens is 5. The normalized spacial score (nSPS) is 11.8. The van der Waals surface area contributed by atoms with Crippen LogP contribution in [0.3, 0.4) is 0 Å². The Hall–Kier alpha value is -9.19. The van der Waals surface area contributed by atoms with Gasteiger partial charge >= 0.3 is 0 Å². The van der Waals surface area contributed by atoms with Gasteiger partial charge in [-0.2, -0.15) is 0 Å². The van der Waals surface area contributed by atoms with Crippen LogP contribution in [0.1, 0.15) is 0 Å². The molecule has 0 radical (unpaired) electrons. The molecule has 10 aromatic carbocycles. The van der Waals surface area contributed by atoms with E-state index < -0.39 is 0 Å². The molecule has 1 aliphatic heterocycles. The first kappa shape index (κ1) is 38.1. The zero-order chi connectivity index (χ0) is 44.7. The third-order valence-electron chi connectivity index (χ3n) is 13.7. The molecule has 0 aliphatic carbocycles. The van der Waals surface area contributed by atoms with Crippen molar-refractivity contribution in [2.45, 2.75) is 0 Å². The summed E-state index contributed by atoms with van der Waals surface area (Å²) in [5.41, 5.74) is 19.2. The van der Waals surface area contributed by atoms with Crippen molar-refractivity contribution in [3.63, 3.8) is 0 Å². The molecule has 5 heteroatoms. The number of benzene rings is 10. The summed E-state index contributed by atoms with van der Waals surface area (Å²) in [5, 5.41) is 4.88. The largest absolute Gasteiger partial charge is 0.309 e. The Bertz CT molecular complexity index is 4060. The summed E-state index contributed by atoms with van der Waals surface area (Å²) in [6.07, 6.45) is 0. The first-order valence-electron chi connectivity index (χ1n) is 23.1. The summed E-state index contributed by atoms with van der Waals surface area (Å²) in [5.74, 6) is 1.86. The minimum atomic E-state index is 0.614. The molecule has 0 atom stereocenters. The number of rotatable bonds is 6.